The van der Waals surface area contributed by atoms with Crippen LogP contribution in [0.1, 0.15) is 29.3 Å². The second-order valence-electron chi connectivity index (χ2n) is 5.78. The van der Waals surface area contributed by atoms with E-state index in [-0.39, 0.29) is 18.8 Å². The number of H-pyrrole nitrogens is 1. The van der Waals surface area contributed by atoms with Gasteiger partial charge in [-0.3, -0.25) is 9.69 Å². The molecule has 0 fully saturated rings. The molecular formula is C16H18N4O5. The summed E-state index contributed by atoms with van der Waals surface area (Å²) in [6, 6.07) is 4.62. The van der Waals surface area contributed by atoms with Gasteiger partial charge in [0, 0.05) is 28.7 Å². The van der Waals surface area contributed by atoms with Crippen molar-refractivity contribution in [3.8, 4) is 0 Å². The van der Waals surface area contributed by atoms with Crippen molar-refractivity contribution in [1.82, 2.24) is 9.88 Å². The van der Waals surface area contributed by atoms with Crippen LogP contribution in [-0.4, -0.2) is 51.8 Å². The predicted octanol–water partition coefficient (Wildman–Crippen LogP) is 1.40. The molecule has 0 saturated carbocycles. The first-order valence-corrected chi connectivity index (χ1v) is 7.65. The van der Waals surface area contributed by atoms with Crippen molar-refractivity contribution in [2.75, 3.05) is 13.7 Å². The normalized spacial score (nSPS) is 17.4. The molecule has 1 aromatic carbocycles. The van der Waals surface area contributed by atoms with Crippen LogP contribution in [0.3, 0.4) is 0 Å². The molecule has 1 amide bonds. The van der Waals surface area contributed by atoms with E-state index >= 15 is 0 Å². The van der Waals surface area contributed by atoms with E-state index in [1.54, 1.807) is 18.2 Å². The molecule has 1 atom stereocenters. The quantitative estimate of drug-likeness (QED) is 0.218. The number of carbonyl (C=O) groups excluding carboxylic acids is 1. The number of methoxy groups -OCH3 is 1. The number of oxime groups is 1. The lowest BCUT2D eigenvalue weighted by molar-refractivity contribution is -0.142. The van der Waals surface area contributed by atoms with Gasteiger partial charge in [-0.1, -0.05) is 5.16 Å². The number of hydrogen-bond acceptors (Lipinski definition) is 5. The minimum absolute atomic E-state index is 0.00840. The summed E-state index contributed by atoms with van der Waals surface area (Å²) in [7, 11) is 1.27. The number of nitrogens with zero attached hydrogens (tertiary/aromatic N) is 2. The van der Waals surface area contributed by atoms with Gasteiger partial charge in [0.25, 0.3) is 0 Å². The standard InChI is InChI=1S/C16H18N4O5/c1-25-13(21)7-12-14-9(4-5-20(12)16(22)23)10-6-8(15(17)19-24)2-3-11(10)18-14/h2-3,6,12,18,24H,4-5,7H2,1H3,(H2,17,19)(H,22,23). The Morgan fingerprint density at radius 1 is 1.48 bits per heavy atom. The maximum Gasteiger partial charge on any atom is 0.407 e. The molecule has 9 heteroatoms. The lowest BCUT2D eigenvalue weighted by Crippen LogP contribution is -2.40. The molecule has 0 spiro atoms. The number of amidine groups is 1. The van der Waals surface area contributed by atoms with Crippen LogP contribution in [0.2, 0.25) is 0 Å². The topological polar surface area (TPSA) is 141 Å². The number of nitrogens with one attached hydrogen (secondary N) is 1. The van der Waals surface area contributed by atoms with E-state index in [4.69, 9.17) is 15.7 Å². The number of hydrogen-bond donors (Lipinski definition) is 4. The van der Waals surface area contributed by atoms with Gasteiger partial charge in [-0.2, -0.15) is 0 Å². The Kier molecular flexibility index (Phi) is 4.22. The Balaban J connectivity index is 2.12. The Morgan fingerprint density at radius 2 is 2.24 bits per heavy atom. The van der Waals surface area contributed by atoms with Gasteiger partial charge >= 0.3 is 12.1 Å². The highest BCUT2D eigenvalue weighted by atomic mass is 16.5. The van der Waals surface area contributed by atoms with Gasteiger partial charge in [0.15, 0.2) is 5.84 Å². The van der Waals surface area contributed by atoms with Crippen LogP contribution in [0.25, 0.3) is 10.9 Å². The average molecular weight is 346 g/mol. The minimum Gasteiger partial charge on any atom is -0.469 e. The smallest absolute Gasteiger partial charge is 0.407 e. The fourth-order valence-corrected chi connectivity index (χ4v) is 3.27. The highest BCUT2D eigenvalue weighted by Crippen LogP contribution is 2.36. The SMILES string of the molecule is COC(=O)CC1c2[nH]c3ccc(/C(N)=N\O)cc3c2CCN1C(=O)O. The van der Waals surface area contributed by atoms with E-state index in [2.05, 4.69) is 10.1 Å². The third kappa shape index (κ3) is 2.84. The number of fused-ring (bicyclic) bond motifs is 3. The Bertz CT molecular complexity index is 873. The Hall–Kier alpha value is -3.23. The van der Waals surface area contributed by atoms with Crippen molar-refractivity contribution in [2.45, 2.75) is 18.9 Å². The molecule has 2 heterocycles. The van der Waals surface area contributed by atoms with Gasteiger partial charge in [-0.15, -0.1) is 0 Å². The number of aromatic nitrogens is 1. The fourth-order valence-electron chi connectivity index (χ4n) is 3.27. The molecule has 1 aromatic heterocycles. The first kappa shape index (κ1) is 16.6. The van der Waals surface area contributed by atoms with Crippen LogP contribution in [-0.2, 0) is 16.0 Å². The fraction of sp³-hybridized carbons (Fsp3) is 0.312. The zero-order valence-corrected chi connectivity index (χ0v) is 13.5. The molecule has 1 aliphatic rings. The summed E-state index contributed by atoms with van der Waals surface area (Å²) >= 11 is 0. The Labute approximate surface area is 142 Å². The summed E-state index contributed by atoms with van der Waals surface area (Å²) in [5, 5.41) is 22.1. The lowest BCUT2D eigenvalue weighted by Gasteiger charge is -2.33. The molecule has 132 valence electrons. The predicted molar refractivity (Wildman–Crippen MR) is 88.6 cm³/mol. The summed E-state index contributed by atoms with van der Waals surface area (Å²) in [4.78, 5) is 27.7. The van der Waals surface area contributed by atoms with Gasteiger partial charge in [0.1, 0.15) is 0 Å². The maximum atomic E-state index is 11.7. The van der Waals surface area contributed by atoms with Crippen molar-refractivity contribution in [1.29, 1.82) is 0 Å². The summed E-state index contributed by atoms with van der Waals surface area (Å²) < 4.78 is 4.70. The van der Waals surface area contributed by atoms with Gasteiger partial charge < -0.3 is 25.8 Å². The molecule has 0 saturated heterocycles. The van der Waals surface area contributed by atoms with Crippen molar-refractivity contribution >= 4 is 28.8 Å². The summed E-state index contributed by atoms with van der Waals surface area (Å²) in [5.41, 5.74) is 8.59. The Morgan fingerprint density at radius 3 is 2.88 bits per heavy atom. The molecule has 5 N–H and O–H groups in total. The molecule has 3 rings (SSSR count). The van der Waals surface area contributed by atoms with E-state index < -0.39 is 18.1 Å². The first-order chi connectivity index (χ1) is 12.0. The van der Waals surface area contributed by atoms with Crippen molar-refractivity contribution < 1.29 is 24.6 Å². The van der Waals surface area contributed by atoms with E-state index in [1.807, 2.05) is 0 Å². The van der Waals surface area contributed by atoms with Gasteiger partial charge in [0.2, 0.25) is 0 Å². The number of carbonyl (C=O) groups is 2. The van der Waals surface area contributed by atoms with E-state index in [0.717, 1.165) is 16.5 Å². The second kappa shape index (κ2) is 6.34. The zero-order chi connectivity index (χ0) is 18.1. The summed E-state index contributed by atoms with van der Waals surface area (Å²) in [6.07, 6.45) is -0.662. The molecular weight excluding hydrogens is 328 g/mol. The third-order valence-corrected chi connectivity index (χ3v) is 4.49. The number of aromatic amines is 1. The second-order valence-corrected chi connectivity index (χ2v) is 5.78. The molecule has 0 radical (unpaired) electrons. The first-order valence-electron chi connectivity index (χ1n) is 7.65. The summed E-state index contributed by atoms with van der Waals surface area (Å²) in [5.74, 6) is -0.494. The van der Waals surface area contributed by atoms with Crippen LogP contribution in [0.5, 0.6) is 0 Å². The van der Waals surface area contributed by atoms with Crippen molar-refractivity contribution in [2.24, 2.45) is 10.9 Å². The molecule has 2 aromatic rings. The molecule has 9 nitrogen and oxygen atoms in total. The highest BCUT2D eigenvalue weighted by molar-refractivity contribution is 6.01. The molecule has 1 unspecified atom stereocenters. The van der Waals surface area contributed by atoms with Gasteiger partial charge in [-0.25, -0.2) is 4.79 Å². The monoisotopic (exact) mass is 346 g/mol. The van der Waals surface area contributed by atoms with E-state index in [0.29, 0.717) is 17.7 Å². The average Bonchev–Trinajstić information content (AvgIpc) is 2.99. The van der Waals surface area contributed by atoms with Gasteiger partial charge in [0.05, 0.1) is 19.6 Å². The number of rotatable bonds is 3. The van der Waals surface area contributed by atoms with Crippen LogP contribution in [0.4, 0.5) is 4.79 Å². The minimum atomic E-state index is -1.09. The van der Waals surface area contributed by atoms with Crippen LogP contribution < -0.4 is 5.73 Å². The highest BCUT2D eigenvalue weighted by Gasteiger charge is 2.35. The van der Waals surface area contributed by atoms with Gasteiger partial charge in [-0.05, 0) is 30.2 Å². The summed E-state index contributed by atoms with van der Waals surface area (Å²) in [6.45, 7) is 0.269. The van der Waals surface area contributed by atoms with Crippen molar-refractivity contribution in [3.63, 3.8) is 0 Å². The van der Waals surface area contributed by atoms with E-state index in [9.17, 15) is 14.7 Å². The number of ether oxygens (including phenoxy) is 1. The number of carboxylic acid groups (broad SMARTS) is 1. The molecule has 0 bridgehead atoms. The van der Waals surface area contributed by atoms with E-state index in [1.165, 1.54) is 12.0 Å². The molecule has 0 aliphatic carbocycles. The van der Waals surface area contributed by atoms with Crippen LogP contribution in [0.15, 0.2) is 23.4 Å². The maximum absolute atomic E-state index is 11.7. The zero-order valence-electron chi connectivity index (χ0n) is 13.5. The number of amides is 1. The third-order valence-electron chi connectivity index (χ3n) is 4.49. The van der Waals surface area contributed by atoms with Crippen LogP contribution in [0, 0.1) is 0 Å². The molecule has 25 heavy (non-hydrogen) atoms. The number of benzene rings is 1. The van der Waals surface area contributed by atoms with Crippen molar-refractivity contribution in [3.05, 3.63) is 35.0 Å². The number of esters is 1. The molecule has 1 aliphatic heterocycles. The largest absolute Gasteiger partial charge is 0.469 e. The number of nitrogens with two attached hydrogens (primary N) is 1. The lowest BCUT2D eigenvalue weighted by atomic mass is 9.95. The van der Waals surface area contributed by atoms with Crippen LogP contribution >= 0.6 is 0 Å².